The summed E-state index contributed by atoms with van der Waals surface area (Å²) in [6.07, 6.45) is -0.668. The van der Waals surface area contributed by atoms with Gasteiger partial charge in [-0.05, 0) is 29.8 Å². The monoisotopic (exact) mass is 512 g/mol. The summed E-state index contributed by atoms with van der Waals surface area (Å²) < 4.78 is 23.2. The molecule has 0 amide bonds. The van der Waals surface area contributed by atoms with E-state index in [9.17, 15) is 5.11 Å². The molecule has 1 unspecified atom stereocenters. The number of para-hydroxylation sites is 2. The maximum absolute atomic E-state index is 10.4. The van der Waals surface area contributed by atoms with Crippen LogP contribution in [0, 0.1) is 0 Å². The summed E-state index contributed by atoms with van der Waals surface area (Å²) in [5.74, 6) is 2.67. The van der Waals surface area contributed by atoms with E-state index in [1.807, 2.05) is 78.9 Å². The van der Waals surface area contributed by atoms with Crippen LogP contribution < -0.4 is 24.3 Å². The number of aliphatic hydroxyl groups is 1. The lowest BCUT2D eigenvalue weighted by Gasteiger charge is -2.15. The molecule has 196 valence electrons. The molecular weight excluding hydrogens is 480 g/mol. The minimum Gasteiger partial charge on any atom is -0.493 e. The number of aromatic nitrogens is 1. The number of ether oxygens (including phenoxy) is 4. The van der Waals surface area contributed by atoms with Gasteiger partial charge in [-0.15, -0.1) is 0 Å². The lowest BCUT2D eigenvalue weighted by Crippen LogP contribution is -2.33. The molecule has 1 heterocycles. The summed E-state index contributed by atoms with van der Waals surface area (Å²) in [6.45, 7) is 1.98. The first kappa shape index (κ1) is 25.4. The molecule has 0 saturated carbocycles. The average molecular weight is 513 g/mol. The standard InChI is InChI=1S/C31H32N2O5/c1-35-28-15-14-24(37-20-22-8-3-2-4-9-22)18-30(28)36-17-16-32-19-23(34)21-38-29-13-7-11-26-25-10-5-6-12-27(25)33-31(26)29/h2-15,18,23,32-34H,16-17,19-21H2,1H3. The smallest absolute Gasteiger partial charge is 0.164 e. The molecule has 5 aromatic rings. The lowest BCUT2D eigenvalue weighted by molar-refractivity contribution is 0.106. The molecule has 38 heavy (non-hydrogen) atoms. The van der Waals surface area contributed by atoms with Crippen LogP contribution in [0.2, 0.25) is 0 Å². The van der Waals surface area contributed by atoms with Gasteiger partial charge in [0.05, 0.1) is 12.6 Å². The van der Waals surface area contributed by atoms with Crippen LogP contribution in [0.5, 0.6) is 23.0 Å². The van der Waals surface area contributed by atoms with Gasteiger partial charge in [0.1, 0.15) is 37.4 Å². The van der Waals surface area contributed by atoms with Gasteiger partial charge in [0.15, 0.2) is 11.5 Å². The summed E-state index contributed by atoms with van der Waals surface area (Å²) in [5.41, 5.74) is 3.09. The fourth-order valence-corrected chi connectivity index (χ4v) is 4.31. The van der Waals surface area contributed by atoms with Crippen molar-refractivity contribution in [2.45, 2.75) is 12.7 Å². The second kappa shape index (κ2) is 12.4. The van der Waals surface area contributed by atoms with Gasteiger partial charge in [0.25, 0.3) is 0 Å². The number of nitrogens with one attached hydrogen (secondary N) is 2. The van der Waals surface area contributed by atoms with Crippen LogP contribution in [0.3, 0.4) is 0 Å². The van der Waals surface area contributed by atoms with Crippen molar-refractivity contribution in [2.75, 3.05) is 33.4 Å². The Kier molecular flexibility index (Phi) is 8.28. The quantitative estimate of drug-likeness (QED) is 0.185. The van der Waals surface area contributed by atoms with Gasteiger partial charge in [0, 0.05) is 35.4 Å². The minimum atomic E-state index is -0.668. The Balaban J connectivity index is 1.07. The van der Waals surface area contributed by atoms with Crippen molar-refractivity contribution >= 4 is 21.8 Å². The predicted octanol–water partition coefficient (Wildman–Crippen LogP) is 5.32. The maximum atomic E-state index is 10.4. The third kappa shape index (κ3) is 6.19. The minimum absolute atomic E-state index is 0.178. The lowest BCUT2D eigenvalue weighted by atomic mass is 10.1. The van der Waals surface area contributed by atoms with Gasteiger partial charge in [-0.2, -0.15) is 0 Å². The number of hydrogen-bond acceptors (Lipinski definition) is 6. The van der Waals surface area contributed by atoms with E-state index in [1.54, 1.807) is 7.11 Å². The molecule has 0 aliphatic rings. The largest absolute Gasteiger partial charge is 0.493 e. The molecule has 1 atom stereocenters. The zero-order chi connectivity index (χ0) is 26.2. The molecule has 0 saturated heterocycles. The number of rotatable bonds is 13. The molecule has 5 rings (SSSR count). The van der Waals surface area contributed by atoms with E-state index in [-0.39, 0.29) is 6.61 Å². The Labute approximate surface area is 221 Å². The first-order chi connectivity index (χ1) is 18.7. The van der Waals surface area contributed by atoms with Crippen LogP contribution in [0.25, 0.3) is 21.8 Å². The summed E-state index contributed by atoms with van der Waals surface area (Å²) >= 11 is 0. The SMILES string of the molecule is COc1ccc(OCc2ccccc2)cc1OCCNCC(O)COc1cccc2c1[nH]c1ccccc12. The van der Waals surface area contributed by atoms with Crippen LogP contribution >= 0.6 is 0 Å². The van der Waals surface area contributed by atoms with Crippen LogP contribution in [-0.2, 0) is 6.61 Å². The summed E-state index contributed by atoms with van der Waals surface area (Å²) in [4.78, 5) is 3.42. The van der Waals surface area contributed by atoms with Crippen LogP contribution in [0.15, 0.2) is 91.0 Å². The highest BCUT2D eigenvalue weighted by atomic mass is 16.5. The van der Waals surface area contributed by atoms with Gasteiger partial charge in [-0.1, -0.05) is 60.7 Å². The summed E-state index contributed by atoms with van der Waals surface area (Å²) in [6, 6.07) is 29.6. The average Bonchev–Trinajstić information content (AvgIpc) is 3.35. The molecule has 3 N–H and O–H groups in total. The molecular formula is C31H32N2O5. The number of H-pyrrole nitrogens is 1. The topological polar surface area (TPSA) is 85.0 Å². The summed E-state index contributed by atoms with van der Waals surface area (Å²) in [5, 5.41) is 15.9. The van der Waals surface area contributed by atoms with Crippen LogP contribution in [0.1, 0.15) is 5.56 Å². The van der Waals surface area contributed by atoms with Crippen molar-refractivity contribution in [1.82, 2.24) is 10.3 Å². The normalized spacial score (nSPS) is 11.9. The van der Waals surface area contributed by atoms with E-state index in [4.69, 9.17) is 18.9 Å². The molecule has 7 nitrogen and oxygen atoms in total. The van der Waals surface area contributed by atoms with E-state index in [0.717, 1.165) is 33.1 Å². The van der Waals surface area contributed by atoms with E-state index < -0.39 is 6.10 Å². The number of benzene rings is 4. The molecule has 1 aromatic heterocycles. The number of hydrogen-bond donors (Lipinski definition) is 3. The van der Waals surface area contributed by atoms with E-state index in [0.29, 0.717) is 43.6 Å². The molecule has 0 bridgehead atoms. The molecule has 0 spiro atoms. The number of fused-ring (bicyclic) bond motifs is 3. The highest BCUT2D eigenvalue weighted by molar-refractivity contribution is 6.09. The molecule has 0 aliphatic heterocycles. The third-order valence-corrected chi connectivity index (χ3v) is 6.23. The van der Waals surface area contributed by atoms with E-state index >= 15 is 0 Å². The van der Waals surface area contributed by atoms with Crippen molar-refractivity contribution in [3.05, 3.63) is 96.6 Å². The maximum Gasteiger partial charge on any atom is 0.164 e. The number of methoxy groups -OCH3 is 1. The Hall–Kier alpha value is -4.20. The van der Waals surface area contributed by atoms with Crippen molar-refractivity contribution < 1.29 is 24.1 Å². The Bertz CT molecular complexity index is 1470. The zero-order valence-electron chi connectivity index (χ0n) is 21.4. The molecule has 0 aliphatic carbocycles. The molecule has 7 heteroatoms. The molecule has 0 radical (unpaired) electrons. The summed E-state index contributed by atoms with van der Waals surface area (Å²) in [7, 11) is 1.61. The molecule has 0 fully saturated rings. The highest BCUT2D eigenvalue weighted by Crippen LogP contribution is 2.32. The third-order valence-electron chi connectivity index (χ3n) is 6.23. The highest BCUT2D eigenvalue weighted by Gasteiger charge is 2.11. The number of aliphatic hydroxyl groups excluding tert-OH is 1. The first-order valence-electron chi connectivity index (χ1n) is 12.7. The Morgan fingerprint density at radius 3 is 2.47 bits per heavy atom. The van der Waals surface area contributed by atoms with E-state index in [2.05, 4.69) is 22.4 Å². The second-order valence-electron chi connectivity index (χ2n) is 8.95. The fraction of sp³-hybridized carbons (Fsp3) is 0.226. The van der Waals surface area contributed by atoms with Crippen LogP contribution in [-0.4, -0.2) is 49.6 Å². The van der Waals surface area contributed by atoms with Gasteiger partial charge in [-0.3, -0.25) is 0 Å². The van der Waals surface area contributed by atoms with Gasteiger partial charge >= 0.3 is 0 Å². The Morgan fingerprint density at radius 1 is 0.789 bits per heavy atom. The van der Waals surface area contributed by atoms with Gasteiger partial charge in [0.2, 0.25) is 0 Å². The van der Waals surface area contributed by atoms with E-state index in [1.165, 1.54) is 0 Å². The van der Waals surface area contributed by atoms with Crippen molar-refractivity contribution in [3.8, 4) is 23.0 Å². The Morgan fingerprint density at radius 2 is 1.61 bits per heavy atom. The van der Waals surface area contributed by atoms with Gasteiger partial charge < -0.3 is 34.4 Å². The zero-order valence-corrected chi connectivity index (χ0v) is 21.4. The van der Waals surface area contributed by atoms with Crippen molar-refractivity contribution in [3.63, 3.8) is 0 Å². The number of aromatic amines is 1. The second-order valence-corrected chi connectivity index (χ2v) is 8.95. The first-order valence-corrected chi connectivity index (χ1v) is 12.7. The predicted molar refractivity (Wildman–Crippen MR) is 149 cm³/mol. The molecule has 4 aromatic carbocycles. The fourth-order valence-electron chi connectivity index (χ4n) is 4.31. The van der Waals surface area contributed by atoms with Crippen molar-refractivity contribution in [1.29, 1.82) is 0 Å². The van der Waals surface area contributed by atoms with Crippen LogP contribution in [0.4, 0.5) is 0 Å². The van der Waals surface area contributed by atoms with Gasteiger partial charge in [-0.25, -0.2) is 0 Å². The van der Waals surface area contributed by atoms with Crippen molar-refractivity contribution in [2.24, 2.45) is 0 Å².